The van der Waals surface area contributed by atoms with Gasteiger partial charge >= 0.3 is 0 Å². The van der Waals surface area contributed by atoms with E-state index < -0.39 is 5.82 Å². The number of rotatable bonds is 5. The van der Waals surface area contributed by atoms with E-state index in [2.05, 4.69) is 20.3 Å². The lowest BCUT2D eigenvalue weighted by molar-refractivity contribution is 0.172. The first kappa shape index (κ1) is 18.1. The number of hydrogen-bond acceptors (Lipinski definition) is 6. The van der Waals surface area contributed by atoms with Crippen LogP contribution in [0.25, 0.3) is 16.0 Å². The van der Waals surface area contributed by atoms with Crippen LogP contribution in [0.1, 0.15) is 25.7 Å². The van der Waals surface area contributed by atoms with Crippen LogP contribution in [0, 0.1) is 11.7 Å². The Hall–Kier alpha value is -1.90. The van der Waals surface area contributed by atoms with Gasteiger partial charge in [0.1, 0.15) is 17.3 Å². The first-order valence-corrected chi connectivity index (χ1v) is 10.8. The molecule has 1 aliphatic heterocycles. The molecule has 5 rings (SSSR count). The van der Waals surface area contributed by atoms with Crippen molar-refractivity contribution in [2.45, 2.75) is 31.7 Å². The highest BCUT2D eigenvalue weighted by atomic mass is 35.5. The van der Waals surface area contributed by atoms with Crippen LogP contribution in [-0.4, -0.2) is 50.4 Å². The number of fused-ring (bicyclic) bond motifs is 1. The second-order valence-corrected chi connectivity index (χ2v) is 9.09. The SMILES string of the molecule is Oc1cc(F)cc(Cl)c1-n1cc2sc(NC[C@@H]3CCCN(C4CC4)C3)nc2n1. The van der Waals surface area contributed by atoms with Gasteiger partial charge < -0.3 is 15.3 Å². The molecule has 1 aromatic carbocycles. The van der Waals surface area contributed by atoms with E-state index in [1.165, 1.54) is 54.8 Å². The minimum atomic E-state index is -0.590. The second-order valence-electron chi connectivity index (χ2n) is 7.65. The summed E-state index contributed by atoms with van der Waals surface area (Å²) in [5.74, 6) is -0.190. The second kappa shape index (κ2) is 7.17. The molecular formula is C19H21ClFN5OS. The van der Waals surface area contributed by atoms with E-state index in [9.17, 15) is 9.50 Å². The molecule has 2 fully saturated rings. The molecule has 2 aliphatic rings. The molecule has 0 radical (unpaired) electrons. The summed E-state index contributed by atoms with van der Waals surface area (Å²) < 4.78 is 15.7. The van der Waals surface area contributed by atoms with Gasteiger partial charge in [0.25, 0.3) is 0 Å². The van der Waals surface area contributed by atoms with Crippen molar-refractivity contribution < 1.29 is 9.50 Å². The summed E-state index contributed by atoms with van der Waals surface area (Å²) >= 11 is 7.59. The van der Waals surface area contributed by atoms with Gasteiger partial charge in [0.05, 0.1) is 15.9 Å². The summed E-state index contributed by atoms with van der Waals surface area (Å²) in [6, 6.07) is 3.01. The van der Waals surface area contributed by atoms with Crippen LogP contribution in [0.5, 0.6) is 5.75 Å². The smallest absolute Gasteiger partial charge is 0.194 e. The number of thiazole rings is 1. The Morgan fingerprint density at radius 2 is 2.18 bits per heavy atom. The van der Waals surface area contributed by atoms with E-state index in [1.807, 2.05) is 0 Å². The number of phenolic OH excluding ortho intramolecular Hbond substituents is 1. The van der Waals surface area contributed by atoms with Crippen LogP contribution in [0.3, 0.4) is 0 Å². The number of nitrogens with zero attached hydrogens (tertiary/aromatic N) is 4. The summed E-state index contributed by atoms with van der Waals surface area (Å²) in [5.41, 5.74) is 0.834. The molecule has 148 valence electrons. The van der Waals surface area contributed by atoms with Gasteiger partial charge in [0.15, 0.2) is 10.8 Å². The lowest BCUT2D eigenvalue weighted by Crippen LogP contribution is -2.39. The minimum absolute atomic E-state index is 0.100. The van der Waals surface area contributed by atoms with Crippen molar-refractivity contribution in [2.24, 2.45) is 5.92 Å². The first-order valence-electron chi connectivity index (χ1n) is 9.59. The Kier molecular flexibility index (Phi) is 4.65. The molecule has 1 saturated heterocycles. The van der Waals surface area contributed by atoms with Crippen LogP contribution in [0.2, 0.25) is 5.02 Å². The average molecular weight is 422 g/mol. The van der Waals surface area contributed by atoms with Gasteiger partial charge in [-0.1, -0.05) is 22.9 Å². The normalized spacial score (nSPS) is 20.7. The molecule has 0 amide bonds. The molecule has 1 atom stereocenters. The predicted molar refractivity (Wildman–Crippen MR) is 109 cm³/mol. The fraction of sp³-hybridized carbons (Fsp3) is 0.474. The van der Waals surface area contributed by atoms with Crippen molar-refractivity contribution in [3.63, 3.8) is 0 Å². The number of hydrogen-bond donors (Lipinski definition) is 2. The van der Waals surface area contributed by atoms with Gasteiger partial charge in [0, 0.05) is 25.2 Å². The summed E-state index contributed by atoms with van der Waals surface area (Å²) in [5, 5.41) is 18.8. The maximum absolute atomic E-state index is 13.3. The summed E-state index contributed by atoms with van der Waals surface area (Å²) in [6.07, 6.45) is 7.01. The average Bonchev–Trinajstić information content (AvgIpc) is 3.33. The standard InChI is InChI=1S/C19H21ClFN5OS/c20-14-6-12(21)7-15(27)17(14)26-10-16-18(24-26)23-19(28-16)22-8-11-2-1-5-25(9-11)13-3-4-13/h6-7,10-11,13,27H,1-5,8-9H2,(H,22,23,24)/t11-/m0/s1. The highest BCUT2D eigenvalue weighted by molar-refractivity contribution is 7.22. The summed E-state index contributed by atoms with van der Waals surface area (Å²) in [4.78, 5) is 7.19. The van der Waals surface area contributed by atoms with E-state index in [-0.39, 0.29) is 16.5 Å². The van der Waals surface area contributed by atoms with E-state index >= 15 is 0 Å². The predicted octanol–water partition coefficient (Wildman–Crippen LogP) is 4.27. The maximum Gasteiger partial charge on any atom is 0.194 e. The molecule has 3 aromatic rings. The van der Waals surface area contributed by atoms with Gasteiger partial charge in [-0.15, -0.1) is 5.10 Å². The highest BCUT2D eigenvalue weighted by Gasteiger charge is 2.32. The van der Waals surface area contributed by atoms with Crippen molar-refractivity contribution in [3.8, 4) is 11.4 Å². The van der Waals surface area contributed by atoms with Gasteiger partial charge in [-0.2, -0.15) is 4.98 Å². The van der Waals surface area contributed by atoms with Crippen molar-refractivity contribution in [3.05, 3.63) is 29.2 Å². The largest absolute Gasteiger partial charge is 0.506 e. The topological polar surface area (TPSA) is 66.2 Å². The molecule has 0 spiro atoms. The fourth-order valence-electron chi connectivity index (χ4n) is 3.96. The Morgan fingerprint density at radius 3 is 2.93 bits per heavy atom. The van der Waals surface area contributed by atoms with Crippen molar-refractivity contribution in [1.82, 2.24) is 19.7 Å². The third kappa shape index (κ3) is 3.56. The van der Waals surface area contributed by atoms with Gasteiger partial charge in [-0.3, -0.25) is 0 Å². The van der Waals surface area contributed by atoms with Crippen LogP contribution < -0.4 is 5.32 Å². The van der Waals surface area contributed by atoms with Crippen molar-refractivity contribution in [1.29, 1.82) is 0 Å². The zero-order valence-electron chi connectivity index (χ0n) is 15.2. The molecular weight excluding hydrogens is 401 g/mol. The number of aromatic nitrogens is 3. The number of phenols is 1. The molecule has 9 heteroatoms. The fourth-order valence-corrected chi connectivity index (χ4v) is 5.07. The lowest BCUT2D eigenvalue weighted by Gasteiger charge is -2.32. The molecule has 1 saturated carbocycles. The van der Waals surface area contributed by atoms with E-state index in [0.29, 0.717) is 11.6 Å². The number of aromatic hydroxyl groups is 1. The summed E-state index contributed by atoms with van der Waals surface area (Å²) in [7, 11) is 0. The van der Waals surface area contributed by atoms with E-state index in [1.54, 1.807) is 6.20 Å². The highest BCUT2D eigenvalue weighted by Crippen LogP contribution is 2.34. The Balaban J connectivity index is 1.28. The van der Waals surface area contributed by atoms with Crippen LogP contribution >= 0.6 is 22.9 Å². The number of benzene rings is 1. The van der Waals surface area contributed by atoms with Gasteiger partial charge in [-0.25, -0.2) is 9.07 Å². The Labute approximate surface area is 170 Å². The number of halogens is 2. The van der Waals surface area contributed by atoms with Crippen LogP contribution in [0.15, 0.2) is 18.3 Å². The zero-order chi connectivity index (χ0) is 19.3. The molecule has 28 heavy (non-hydrogen) atoms. The Morgan fingerprint density at radius 1 is 1.32 bits per heavy atom. The zero-order valence-corrected chi connectivity index (χ0v) is 16.8. The van der Waals surface area contributed by atoms with Gasteiger partial charge in [-0.05, 0) is 44.2 Å². The molecule has 0 bridgehead atoms. The minimum Gasteiger partial charge on any atom is -0.506 e. The van der Waals surface area contributed by atoms with E-state index in [4.69, 9.17) is 11.6 Å². The van der Waals surface area contributed by atoms with Crippen molar-refractivity contribution >= 4 is 38.4 Å². The maximum atomic E-state index is 13.3. The third-order valence-corrected chi connectivity index (χ3v) is 6.69. The van der Waals surface area contributed by atoms with E-state index in [0.717, 1.165) is 34.6 Å². The van der Waals surface area contributed by atoms with Gasteiger partial charge in [0.2, 0.25) is 0 Å². The number of nitrogens with one attached hydrogen (secondary N) is 1. The molecule has 2 N–H and O–H groups in total. The Bertz CT molecular complexity index is 963. The van der Waals surface area contributed by atoms with Crippen molar-refractivity contribution in [2.75, 3.05) is 25.0 Å². The number of likely N-dealkylation sites (tertiary alicyclic amines) is 1. The third-order valence-electron chi connectivity index (χ3n) is 5.47. The lowest BCUT2D eigenvalue weighted by atomic mass is 9.98. The monoisotopic (exact) mass is 421 g/mol. The molecule has 6 nitrogen and oxygen atoms in total. The number of piperidine rings is 1. The molecule has 3 heterocycles. The summed E-state index contributed by atoms with van der Waals surface area (Å²) in [6.45, 7) is 3.34. The quantitative estimate of drug-likeness (QED) is 0.644. The molecule has 1 aliphatic carbocycles. The van der Waals surface area contributed by atoms with Crippen LogP contribution in [0.4, 0.5) is 9.52 Å². The first-order chi connectivity index (χ1) is 13.6. The van der Waals surface area contributed by atoms with Crippen LogP contribution in [-0.2, 0) is 0 Å². The molecule has 2 aromatic heterocycles. The number of anilines is 1. The molecule has 0 unspecified atom stereocenters.